The average Bonchev–Trinajstić information content (AvgIpc) is 2.38. The van der Waals surface area contributed by atoms with Crippen LogP contribution in [-0.4, -0.2) is 13.3 Å². The lowest BCUT2D eigenvalue weighted by atomic mass is 10.1. The van der Waals surface area contributed by atoms with Crippen LogP contribution in [0.4, 0.5) is 10.1 Å². The van der Waals surface area contributed by atoms with Gasteiger partial charge in [0.25, 0.3) is 0 Å². The molecule has 2 nitrogen and oxygen atoms in total. The van der Waals surface area contributed by atoms with E-state index in [9.17, 15) is 9.18 Å². The number of aldehydes is 1. The van der Waals surface area contributed by atoms with Gasteiger partial charge in [0.1, 0.15) is 12.1 Å². The number of nitrogens with zero attached hydrogens (tertiary/aromatic N) is 1. The minimum atomic E-state index is -0.402. The summed E-state index contributed by atoms with van der Waals surface area (Å²) in [5, 5.41) is 0. The molecule has 0 aliphatic heterocycles. The SMILES string of the molecule is CN(Cc1cccc(Br)c1)c1cc(F)cc(C=O)c1. The number of rotatable bonds is 4. The van der Waals surface area contributed by atoms with Gasteiger partial charge in [0, 0.05) is 29.3 Å². The topological polar surface area (TPSA) is 20.3 Å². The molecule has 2 rings (SSSR count). The van der Waals surface area contributed by atoms with Crippen molar-refractivity contribution < 1.29 is 9.18 Å². The Morgan fingerprint density at radius 3 is 2.74 bits per heavy atom. The molecule has 0 aliphatic carbocycles. The highest BCUT2D eigenvalue weighted by molar-refractivity contribution is 9.10. The van der Waals surface area contributed by atoms with E-state index in [4.69, 9.17) is 0 Å². The van der Waals surface area contributed by atoms with Gasteiger partial charge in [-0.15, -0.1) is 0 Å². The van der Waals surface area contributed by atoms with Crippen LogP contribution in [-0.2, 0) is 6.54 Å². The Morgan fingerprint density at radius 1 is 1.26 bits per heavy atom. The monoisotopic (exact) mass is 321 g/mol. The molecular weight excluding hydrogens is 309 g/mol. The molecule has 0 amide bonds. The molecule has 0 spiro atoms. The van der Waals surface area contributed by atoms with Crippen molar-refractivity contribution in [2.75, 3.05) is 11.9 Å². The number of carbonyl (C=O) groups is 1. The molecule has 0 heterocycles. The minimum absolute atomic E-state index is 0.344. The van der Waals surface area contributed by atoms with Gasteiger partial charge in [0.2, 0.25) is 0 Å². The van der Waals surface area contributed by atoms with Crippen LogP contribution in [0.3, 0.4) is 0 Å². The van der Waals surface area contributed by atoms with Gasteiger partial charge < -0.3 is 4.90 Å². The van der Waals surface area contributed by atoms with Gasteiger partial charge >= 0.3 is 0 Å². The van der Waals surface area contributed by atoms with Gasteiger partial charge in [-0.3, -0.25) is 4.79 Å². The summed E-state index contributed by atoms with van der Waals surface area (Å²) in [6.45, 7) is 0.640. The Bertz CT molecular complexity index is 600. The maximum Gasteiger partial charge on any atom is 0.150 e. The lowest BCUT2D eigenvalue weighted by molar-refractivity contribution is 0.112. The number of carbonyl (C=O) groups excluding carboxylic acids is 1. The van der Waals surface area contributed by atoms with Crippen LogP contribution in [0.1, 0.15) is 15.9 Å². The first-order valence-electron chi connectivity index (χ1n) is 5.80. The van der Waals surface area contributed by atoms with Crippen molar-refractivity contribution in [3.05, 3.63) is 63.9 Å². The Kier molecular flexibility index (Phi) is 4.32. The molecular formula is C15H13BrFNO. The third kappa shape index (κ3) is 3.64. The lowest BCUT2D eigenvalue weighted by Gasteiger charge is -2.20. The van der Waals surface area contributed by atoms with E-state index in [1.807, 2.05) is 36.2 Å². The third-order valence-electron chi connectivity index (χ3n) is 2.79. The molecule has 2 aromatic rings. The summed E-state index contributed by atoms with van der Waals surface area (Å²) < 4.78 is 14.4. The summed E-state index contributed by atoms with van der Waals surface area (Å²) >= 11 is 3.42. The molecule has 0 N–H and O–H groups in total. The van der Waals surface area contributed by atoms with E-state index in [1.165, 1.54) is 12.1 Å². The van der Waals surface area contributed by atoms with Crippen molar-refractivity contribution in [2.45, 2.75) is 6.54 Å². The molecule has 98 valence electrons. The van der Waals surface area contributed by atoms with Gasteiger partial charge in [-0.25, -0.2) is 4.39 Å². The quantitative estimate of drug-likeness (QED) is 0.792. The molecule has 0 atom stereocenters. The molecule has 0 aliphatic rings. The normalized spacial score (nSPS) is 10.3. The highest BCUT2D eigenvalue weighted by atomic mass is 79.9. The second kappa shape index (κ2) is 5.97. The number of anilines is 1. The first-order chi connectivity index (χ1) is 9.08. The Hall–Kier alpha value is -1.68. The van der Waals surface area contributed by atoms with E-state index < -0.39 is 5.82 Å². The Morgan fingerprint density at radius 2 is 2.05 bits per heavy atom. The molecule has 2 aromatic carbocycles. The molecule has 0 radical (unpaired) electrons. The van der Waals surface area contributed by atoms with Crippen molar-refractivity contribution in [1.82, 2.24) is 0 Å². The zero-order valence-corrected chi connectivity index (χ0v) is 12.0. The summed E-state index contributed by atoms with van der Waals surface area (Å²) in [5.41, 5.74) is 2.13. The summed E-state index contributed by atoms with van der Waals surface area (Å²) in [4.78, 5) is 12.6. The summed E-state index contributed by atoms with van der Waals surface area (Å²) in [6, 6.07) is 12.2. The van der Waals surface area contributed by atoms with Gasteiger partial charge in [0.15, 0.2) is 0 Å². The summed E-state index contributed by atoms with van der Waals surface area (Å²) in [6.07, 6.45) is 0.652. The number of hydrogen-bond acceptors (Lipinski definition) is 2. The molecule has 19 heavy (non-hydrogen) atoms. The fraction of sp³-hybridized carbons (Fsp3) is 0.133. The predicted molar refractivity (Wildman–Crippen MR) is 78.0 cm³/mol. The minimum Gasteiger partial charge on any atom is -0.370 e. The van der Waals surface area contributed by atoms with Gasteiger partial charge in [-0.2, -0.15) is 0 Å². The zero-order chi connectivity index (χ0) is 13.8. The highest BCUT2D eigenvalue weighted by Gasteiger charge is 2.06. The summed E-state index contributed by atoms with van der Waals surface area (Å²) in [5.74, 6) is -0.402. The second-order valence-electron chi connectivity index (χ2n) is 4.35. The molecule has 0 aromatic heterocycles. The van der Waals surface area contributed by atoms with E-state index in [1.54, 1.807) is 6.07 Å². The first kappa shape index (κ1) is 13.7. The summed E-state index contributed by atoms with van der Waals surface area (Å²) in [7, 11) is 1.87. The number of hydrogen-bond donors (Lipinski definition) is 0. The van der Waals surface area contributed by atoms with E-state index in [-0.39, 0.29) is 0 Å². The van der Waals surface area contributed by atoms with Gasteiger partial charge in [-0.05, 0) is 35.9 Å². The fourth-order valence-corrected chi connectivity index (χ4v) is 2.33. The zero-order valence-electron chi connectivity index (χ0n) is 10.4. The lowest BCUT2D eigenvalue weighted by Crippen LogP contribution is -2.16. The van der Waals surface area contributed by atoms with Crippen LogP contribution < -0.4 is 4.90 Å². The fourth-order valence-electron chi connectivity index (χ4n) is 1.89. The third-order valence-corrected chi connectivity index (χ3v) is 3.28. The molecule has 0 fully saturated rings. The average molecular weight is 322 g/mol. The van der Waals surface area contributed by atoms with Crippen molar-refractivity contribution in [3.63, 3.8) is 0 Å². The van der Waals surface area contributed by atoms with Crippen molar-refractivity contribution >= 4 is 27.9 Å². The van der Waals surface area contributed by atoms with Gasteiger partial charge in [0.05, 0.1) is 0 Å². The maximum absolute atomic E-state index is 13.4. The molecule has 0 saturated carbocycles. The molecule has 0 unspecified atom stereocenters. The van der Waals surface area contributed by atoms with Crippen molar-refractivity contribution in [3.8, 4) is 0 Å². The molecule has 0 saturated heterocycles. The predicted octanol–water partition coefficient (Wildman–Crippen LogP) is 4.04. The van der Waals surface area contributed by atoms with E-state index >= 15 is 0 Å². The smallest absolute Gasteiger partial charge is 0.150 e. The maximum atomic E-state index is 13.4. The number of halogens is 2. The second-order valence-corrected chi connectivity index (χ2v) is 5.26. The standard InChI is InChI=1S/C15H13BrFNO/c1-18(9-11-3-2-4-13(16)5-11)15-7-12(10-19)6-14(17)8-15/h2-8,10H,9H2,1H3. The van der Waals surface area contributed by atoms with Crippen LogP contribution in [0.25, 0.3) is 0 Å². The first-order valence-corrected chi connectivity index (χ1v) is 6.59. The highest BCUT2D eigenvalue weighted by Crippen LogP contribution is 2.20. The van der Waals surface area contributed by atoms with Crippen LogP contribution >= 0.6 is 15.9 Å². The van der Waals surface area contributed by atoms with Crippen LogP contribution in [0.5, 0.6) is 0 Å². The van der Waals surface area contributed by atoms with E-state index in [0.29, 0.717) is 24.1 Å². The van der Waals surface area contributed by atoms with E-state index in [2.05, 4.69) is 15.9 Å². The Balaban J connectivity index is 2.22. The molecule has 4 heteroatoms. The van der Waals surface area contributed by atoms with Crippen LogP contribution in [0.2, 0.25) is 0 Å². The van der Waals surface area contributed by atoms with Gasteiger partial charge in [-0.1, -0.05) is 28.1 Å². The largest absolute Gasteiger partial charge is 0.370 e. The van der Waals surface area contributed by atoms with Crippen LogP contribution in [0.15, 0.2) is 46.9 Å². The van der Waals surface area contributed by atoms with E-state index in [0.717, 1.165) is 10.0 Å². The Labute approximate surface area is 120 Å². The molecule has 0 bridgehead atoms. The van der Waals surface area contributed by atoms with Crippen molar-refractivity contribution in [1.29, 1.82) is 0 Å². The number of benzene rings is 2. The van der Waals surface area contributed by atoms with Crippen molar-refractivity contribution in [2.24, 2.45) is 0 Å². The van der Waals surface area contributed by atoms with Crippen LogP contribution in [0, 0.1) is 5.82 Å².